The molecule has 1 fully saturated rings. The molecule has 1 rings (SSSR count). The van der Waals surface area contributed by atoms with E-state index in [1.54, 1.807) is 0 Å². The Labute approximate surface area is 139 Å². The summed E-state index contributed by atoms with van der Waals surface area (Å²) in [5, 5.41) is 0. The Kier molecular flexibility index (Phi) is 9.83. The normalized spacial score (nSPS) is 27.0. The SMILES string of the molecule is C[Si]1O[Si](C)O[Si](C)O[Si](C)O[Si](C)O[Si](C)O[Si](C)O1. The minimum atomic E-state index is -1.36. The van der Waals surface area contributed by atoms with Gasteiger partial charge in [0.25, 0.3) is 0 Å². The molecular weight excluding hydrogens is 393 g/mol. The summed E-state index contributed by atoms with van der Waals surface area (Å²) in [4.78, 5) is 0. The van der Waals surface area contributed by atoms with Gasteiger partial charge in [-0.05, 0) is 45.8 Å². The zero-order valence-electron chi connectivity index (χ0n) is 13.4. The molecule has 7 nitrogen and oxygen atoms in total. The Morgan fingerprint density at radius 2 is 0.381 bits per heavy atom. The standard InChI is InChI=1S/C7H21O7Si7/c1-15-8-16(2)10-18(4)12-20(6)14-21(7)13-19(5)11-17(3)9-15/h1-7H3. The Morgan fingerprint density at radius 1 is 0.286 bits per heavy atom. The summed E-state index contributed by atoms with van der Waals surface area (Å²) in [6, 6.07) is 0. The van der Waals surface area contributed by atoms with E-state index >= 15 is 0 Å². The van der Waals surface area contributed by atoms with Crippen molar-refractivity contribution in [2.24, 2.45) is 0 Å². The minimum absolute atomic E-state index is 1.36. The number of hydrogen-bond donors (Lipinski definition) is 0. The molecule has 119 valence electrons. The van der Waals surface area contributed by atoms with Crippen molar-refractivity contribution in [3.63, 3.8) is 0 Å². The lowest BCUT2D eigenvalue weighted by Crippen LogP contribution is -2.44. The lowest BCUT2D eigenvalue weighted by Gasteiger charge is -2.25. The molecule has 0 atom stereocenters. The summed E-state index contributed by atoms with van der Waals surface area (Å²) in [5.41, 5.74) is 0. The topological polar surface area (TPSA) is 64.6 Å². The molecule has 21 heavy (non-hydrogen) atoms. The molecule has 1 aliphatic rings. The minimum Gasteiger partial charge on any atom is -0.414 e. The van der Waals surface area contributed by atoms with Crippen LogP contribution < -0.4 is 0 Å². The van der Waals surface area contributed by atoms with Crippen LogP contribution in [0.3, 0.4) is 0 Å². The van der Waals surface area contributed by atoms with Crippen LogP contribution in [0.2, 0.25) is 45.8 Å². The predicted molar refractivity (Wildman–Crippen MR) is 88.9 cm³/mol. The number of hydrogen-bond acceptors (Lipinski definition) is 7. The van der Waals surface area contributed by atoms with Crippen molar-refractivity contribution < 1.29 is 28.8 Å². The fraction of sp³-hybridized carbons (Fsp3) is 1.00. The van der Waals surface area contributed by atoms with Crippen LogP contribution in [0, 0.1) is 0 Å². The number of rotatable bonds is 0. The Bertz CT molecular complexity index is 210. The molecule has 0 aromatic carbocycles. The van der Waals surface area contributed by atoms with Crippen molar-refractivity contribution in [1.82, 2.24) is 0 Å². The Hall–Kier alpha value is 1.24. The summed E-state index contributed by atoms with van der Waals surface area (Å²) in [7, 11) is -9.53. The van der Waals surface area contributed by atoms with Crippen LogP contribution in [0.1, 0.15) is 0 Å². The molecule has 0 saturated carbocycles. The van der Waals surface area contributed by atoms with Crippen LogP contribution in [0.4, 0.5) is 0 Å². The zero-order chi connectivity index (χ0) is 16.0. The first-order valence-electron chi connectivity index (χ1n) is 6.36. The van der Waals surface area contributed by atoms with E-state index in [1.807, 2.05) is 45.8 Å². The second-order valence-corrected chi connectivity index (χ2v) is 16.8. The molecule has 0 aromatic rings. The van der Waals surface area contributed by atoms with Crippen molar-refractivity contribution >= 4 is 65.0 Å². The highest BCUT2D eigenvalue weighted by atomic mass is 28.5. The third kappa shape index (κ3) is 9.19. The van der Waals surface area contributed by atoms with Crippen LogP contribution in [-0.2, 0) is 28.8 Å². The van der Waals surface area contributed by atoms with E-state index in [0.29, 0.717) is 0 Å². The van der Waals surface area contributed by atoms with E-state index in [1.165, 1.54) is 0 Å². The van der Waals surface area contributed by atoms with Crippen LogP contribution in [-0.4, -0.2) is 65.0 Å². The van der Waals surface area contributed by atoms with Gasteiger partial charge in [0.1, 0.15) is 0 Å². The van der Waals surface area contributed by atoms with Gasteiger partial charge in [-0.25, -0.2) is 0 Å². The summed E-state index contributed by atoms with van der Waals surface area (Å²) in [6.45, 7) is 13.7. The quantitative estimate of drug-likeness (QED) is 0.548. The van der Waals surface area contributed by atoms with E-state index in [9.17, 15) is 0 Å². The second kappa shape index (κ2) is 10.2. The van der Waals surface area contributed by atoms with Gasteiger partial charge < -0.3 is 28.8 Å². The van der Waals surface area contributed by atoms with E-state index in [-0.39, 0.29) is 0 Å². The van der Waals surface area contributed by atoms with E-state index in [4.69, 9.17) is 28.8 Å². The highest BCUT2D eigenvalue weighted by Gasteiger charge is 2.30. The van der Waals surface area contributed by atoms with Crippen molar-refractivity contribution in [1.29, 1.82) is 0 Å². The maximum atomic E-state index is 5.83. The summed E-state index contributed by atoms with van der Waals surface area (Å²) < 4.78 is 40.8. The summed E-state index contributed by atoms with van der Waals surface area (Å²) in [6.07, 6.45) is 0. The Morgan fingerprint density at radius 3 is 0.476 bits per heavy atom. The lowest BCUT2D eigenvalue weighted by atomic mass is 11.9. The fourth-order valence-electron chi connectivity index (χ4n) is 1.56. The molecule has 0 bridgehead atoms. The van der Waals surface area contributed by atoms with E-state index in [0.717, 1.165) is 0 Å². The molecule has 14 heteroatoms. The second-order valence-electron chi connectivity index (χ2n) is 4.16. The summed E-state index contributed by atoms with van der Waals surface area (Å²) in [5.74, 6) is 0. The largest absolute Gasteiger partial charge is 0.414 e. The van der Waals surface area contributed by atoms with Crippen LogP contribution in [0.25, 0.3) is 0 Å². The van der Waals surface area contributed by atoms with Crippen molar-refractivity contribution in [3.05, 3.63) is 0 Å². The third-order valence-corrected chi connectivity index (χ3v) is 18.1. The van der Waals surface area contributed by atoms with Gasteiger partial charge in [0.05, 0.1) is 0 Å². The zero-order valence-corrected chi connectivity index (χ0v) is 20.4. The van der Waals surface area contributed by atoms with Crippen LogP contribution in [0.15, 0.2) is 0 Å². The van der Waals surface area contributed by atoms with Crippen molar-refractivity contribution in [2.75, 3.05) is 0 Å². The molecule has 0 N–H and O–H groups in total. The average Bonchev–Trinajstić information content (AvgIpc) is 2.24. The third-order valence-electron chi connectivity index (χ3n) is 2.01. The molecule has 7 radical (unpaired) electrons. The average molecular weight is 414 g/mol. The van der Waals surface area contributed by atoms with Gasteiger partial charge in [-0.15, -0.1) is 0 Å². The first kappa shape index (κ1) is 20.3. The maximum absolute atomic E-state index is 5.83. The van der Waals surface area contributed by atoms with Gasteiger partial charge in [-0.1, -0.05) is 0 Å². The first-order chi connectivity index (χ1) is 9.76. The molecular formula is C7H21O7Si7. The van der Waals surface area contributed by atoms with Gasteiger partial charge in [0, 0.05) is 0 Å². The molecule has 0 aromatic heterocycles. The fourth-order valence-corrected chi connectivity index (χ4v) is 16.7. The molecule has 0 amide bonds. The van der Waals surface area contributed by atoms with Gasteiger partial charge >= 0.3 is 65.0 Å². The van der Waals surface area contributed by atoms with Gasteiger partial charge in [0.2, 0.25) is 0 Å². The first-order valence-corrected chi connectivity index (χ1v) is 19.1. The predicted octanol–water partition coefficient (Wildman–Crippen LogP) is 0.942. The van der Waals surface area contributed by atoms with Gasteiger partial charge in [0.15, 0.2) is 0 Å². The van der Waals surface area contributed by atoms with Gasteiger partial charge in [-0.2, -0.15) is 0 Å². The monoisotopic (exact) mass is 413 g/mol. The highest BCUT2D eigenvalue weighted by Crippen LogP contribution is 2.07. The molecule has 1 heterocycles. The molecule has 0 aliphatic carbocycles. The van der Waals surface area contributed by atoms with E-state index < -0.39 is 65.0 Å². The highest BCUT2D eigenvalue weighted by molar-refractivity contribution is 6.73. The molecule has 1 aliphatic heterocycles. The lowest BCUT2D eigenvalue weighted by molar-refractivity contribution is 0.296. The van der Waals surface area contributed by atoms with Crippen molar-refractivity contribution in [3.8, 4) is 0 Å². The maximum Gasteiger partial charge on any atom is 0.362 e. The van der Waals surface area contributed by atoms with Crippen LogP contribution in [0.5, 0.6) is 0 Å². The molecule has 0 spiro atoms. The Balaban J connectivity index is 2.65. The van der Waals surface area contributed by atoms with Gasteiger partial charge in [-0.3, -0.25) is 0 Å². The van der Waals surface area contributed by atoms with E-state index in [2.05, 4.69) is 0 Å². The molecule has 1 saturated heterocycles. The van der Waals surface area contributed by atoms with Crippen molar-refractivity contribution in [2.45, 2.75) is 45.8 Å². The smallest absolute Gasteiger partial charge is 0.362 e. The molecule has 0 unspecified atom stereocenters. The van der Waals surface area contributed by atoms with Crippen LogP contribution >= 0.6 is 0 Å². The summed E-state index contributed by atoms with van der Waals surface area (Å²) >= 11 is 0.